The van der Waals surface area contributed by atoms with Crippen LogP contribution in [0.3, 0.4) is 0 Å². The smallest absolute Gasteiger partial charge is 0.330 e. The van der Waals surface area contributed by atoms with Gasteiger partial charge in [0.1, 0.15) is 0 Å². The minimum Gasteiger partial charge on any atom is -0.467 e. The molecule has 0 heterocycles. The summed E-state index contributed by atoms with van der Waals surface area (Å²) in [4.78, 5) is 15.6. The van der Waals surface area contributed by atoms with Gasteiger partial charge in [0, 0.05) is 5.54 Å². The summed E-state index contributed by atoms with van der Waals surface area (Å²) >= 11 is 0. The number of guanidine groups is 1. The molecule has 0 amide bonds. The van der Waals surface area contributed by atoms with Crippen LogP contribution < -0.4 is 11.1 Å². The molecule has 0 aliphatic rings. The van der Waals surface area contributed by atoms with Crippen LogP contribution in [-0.4, -0.2) is 30.6 Å². The van der Waals surface area contributed by atoms with Crippen molar-refractivity contribution < 1.29 is 9.53 Å². The Balaban J connectivity index is 4.72. The summed E-state index contributed by atoms with van der Waals surface area (Å²) in [6, 6.07) is -0.556. The predicted octanol–water partition coefficient (Wildman–Crippen LogP) is 0.887. The van der Waals surface area contributed by atoms with Gasteiger partial charge >= 0.3 is 5.97 Å². The van der Waals surface area contributed by atoms with Crippen molar-refractivity contribution in [1.82, 2.24) is 5.32 Å². The van der Waals surface area contributed by atoms with Gasteiger partial charge in [0.05, 0.1) is 7.11 Å². The molecule has 0 aromatic carbocycles. The second kappa shape index (κ2) is 5.72. The first-order valence-corrected chi connectivity index (χ1v) is 5.36. The third kappa shape index (κ3) is 5.58. The molecule has 0 aromatic heterocycles. The van der Waals surface area contributed by atoms with Crippen molar-refractivity contribution in [2.45, 2.75) is 46.2 Å². The third-order valence-corrected chi connectivity index (χ3v) is 1.86. The number of nitrogens with zero attached hydrogens (tertiary/aromatic N) is 1. The largest absolute Gasteiger partial charge is 0.467 e. The van der Waals surface area contributed by atoms with Gasteiger partial charge in [-0.3, -0.25) is 0 Å². The van der Waals surface area contributed by atoms with Crippen molar-refractivity contribution in [3.8, 4) is 0 Å². The van der Waals surface area contributed by atoms with Gasteiger partial charge < -0.3 is 15.8 Å². The van der Waals surface area contributed by atoms with Gasteiger partial charge in [-0.2, -0.15) is 0 Å². The lowest BCUT2D eigenvalue weighted by Gasteiger charge is -2.22. The number of esters is 1. The Kier molecular flexibility index (Phi) is 5.27. The molecule has 16 heavy (non-hydrogen) atoms. The summed E-state index contributed by atoms with van der Waals surface area (Å²) in [5, 5.41) is 3.00. The zero-order valence-electron chi connectivity index (χ0n) is 11.0. The Hall–Kier alpha value is -1.26. The van der Waals surface area contributed by atoms with E-state index in [2.05, 4.69) is 15.0 Å². The fourth-order valence-corrected chi connectivity index (χ4v) is 1.16. The first kappa shape index (κ1) is 14.7. The molecule has 5 nitrogen and oxygen atoms in total. The SMILES string of the molecule is COC(=O)C(N=C(N)NC(C)(C)C)C(C)C. The van der Waals surface area contributed by atoms with E-state index in [0.717, 1.165) is 0 Å². The average Bonchev–Trinajstić information content (AvgIpc) is 2.09. The molecule has 0 fully saturated rings. The van der Waals surface area contributed by atoms with Gasteiger partial charge in [-0.25, -0.2) is 9.79 Å². The highest BCUT2D eigenvalue weighted by molar-refractivity contribution is 5.84. The number of carbonyl (C=O) groups excluding carboxylic acids is 1. The van der Waals surface area contributed by atoms with Crippen molar-refractivity contribution in [1.29, 1.82) is 0 Å². The van der Waals surface area contributed by atoms with Crippen LogP contribution in [0.1, 0.15) is 34.6 Å². The van der Waals surface area contributed by atoms with Crippen LogP contribution >= 0.6 is 0 Å². The van der Waals surface area contributed by atoms with E-state index in [1.165, 1.54) is 7.11 Å². The predicted molar refractivity (Wildman–Crippen MR) is 65.2 cm³/mol. The summed E-state index contributed by atoms with van der Waals surface area (Å²) in [5.74, 6) is -0.0574. The number of hydrogen-bond donors (Lipinski definition) is 2. The van der Waals surface area contributed by atoms with Gasteiger partial charge in [0.25, 0.3) is 0 Å². The number of methoxy groups -OCH3 is 1. The molecule has 94 valence electrons. The summed E-state index contributed by atoms with van der Waals surface area (Å²) in [5.41, 5.74) is 5.55. The molecule has 0 bridgehead atoms. The van der Waals surface area contributed by atoms with E-state index in [1.807, 2.05) is 34.6 Å². The first-order valence-electron chi connectivity index (χ1n) is 5.36. The summed E-state index contributed by atoms with van der Waals surface area (Å²) in [6.07, 6.45) is 0. The maximum atomic E-state index is 11.4. The van der Waals surface area contributed by atoms with Gasteiger partial charge in [0.15, 0.2) is 12.0 Å². The molecule has 1 unspecified atom stereocenters. The molecule has 0 aliphatic carbocycles. The van der Waals surface area contributed by atoms with Gasteiger partial charge in [0.2, 0.25) is 0 Å². The van der Waals surface area contributed by atoms with Crippen molar-refractivity contribution in [3.63, 3.8) is 0 Å². The zero-order valence-corrected chi connectivity index (χ0v) is 11.0. The van der Waals surface area contributed by atoms with E-state index in [0.29, 0.717) is 0 Å². The summed E-state index contributed by atoms with van der Waals surface area (Å²) in [7, 11) is 1.35. The van der Waals surface area contributed by atoms with Crippen LogP contribution in [-0.2, 0) is 9.53 Å². The molecular weight excluding hydrogens is 206 g/mol. The standard InChI is InChI=1S/C11H23N3O2/c1-7(2)8(9(15)16-6)13-10(12)14-11(3,4)5/h7-8H,1-6H3,(H3,12,13,14). The van der Waals surface area contributed by atoms with Gasteiger partial charge in [-0.1, -0.05) is 13.8 Å². The quantitative estimate of drug-likeness (QED) is 0.428. The van der Waals surface area contributed by atoms with Crippen molar-refractivity contribution >= 4 is 11.9 Å². The maximum Gasteiger partial charge on any atom is 0.330 e. The molecular formula is C11H23N3O2. The molecule has 5 heteroatoms. The summed E-state index contributed by atoms with van der Waals surface area (Å²) < 4.78 is 4.68. The van der Waals surface area contributed by atoms with E-state index in [-0.39, 0.29) is 23.4 Å². The number of carbonyl (C=O) groups is 1. The highest BCUT2D eigenvalue weighted by Gasteiger charge is 2.23. The fraction of sp³-hybridized carbons (Fsp3) is 0.818. The van der Waals surface area contributed by atoms with Crippen molar-refractivity contribution in [2.24, 2.45) is 16.6 Å². The van der Waals surface area contributed by atoms with Gasteiger partial charge in [-0.15, -0.1) is 0 Å². The maximum absolute atomic E-state index is 11.4. The molecule has 0 radical (unpaired) electrons. The van der Waals surface area contributed by atoms with Crippen LogP contribution in [0.25, 0.3) is 0 Å². The molecule has 0 saturated heterocycles. The zero-order chi connectivity index (χ0) is 12.9. The average molecular weight is 229 g/mol. The Morgan fingerprint density at radius 3 is 2.19 bits per heavy atom. The van der Waals surface area contributed by atoms with E-state index in [1.54, 1.807) is 0 Å². The lowest BCUT2D eigenvalue weighted by Crippen LogP contribution is -2.46. The van der Waals surface area contributed by atoms with Crippen LogP contribution in [0.15, 0.2) is 4.99 Å². The number of hydrogen-bond acceptors (Lipinski definition) is 3. The molecule has 3 N–H and O–H groups in total. The molecule has 1 atom stereocenters. The Bertz CT molecular complexity index is 267. The highest BCUT2D eigenvalue weighted by Crippen LogP contribution is 2.08. The Morgan fingerprint density at radius 1 is 1.38 bits per heavy atom. The molecule has 0 saturated carbocycles. The highest BCUT2D eigenvalue weighted by atomic mass is 16.5. The Morgan fingerprint density at radius 2 is 1.88 bits per heavy atom. The number of nitrogens with one attached hydrogen (secondary N) is 1. The topological polar surface area (TPSA) is 76.7 Å². The van der Waals surface area contributed by atoms with Crippen LogP contribution in [0.2, 0.25) is 0 Å². The van der Waals surface area contributed by atoms with E-state index in [9.17, 15) is 4.79 Å². The minimum atomic E-state index is -0.556. The van der Waals surface area contributed by atoms with Crippen LogP contribution in [0.4, 0.5) is 0 Å². The molecule has 0 aromatic rings. The minimum absolute atomic E-state index is 0.0489. The molecule has 0 aliphatic heterocycles. The molecule has 0 rings (SSSR count). The number of nitrogens with two attached hydrogens (primary N) is 1. The second-order valence-corrected chi connectivity index (χ2v) is 5.10. The lowest BCUT2D eigenvalue weighted by atomic mass is 10.1. The van der Waals surface area contributed by atoms with E-state index >= 15 is 0 Å². The number of ether oxygens (including phenoxy) is 1. The van der Waals surface area contributed by atoms with Crippen LogP contribution in [0.5, 0.6) is 0 Å². The monoisotopic (exact) mass is 229 g/mol. The van der Waals surface area contributed by atoms with Crippen molar-refractivity contribution in [3.05, 3.63) is 0 Å². The number of rotatable bonds is 3. The first-order chi connectivity index (χ1) is 7.17. The number of aliphatic imine (C=N–C) groups is 1. The second-order valence-electron chi connectivity index (χ2n) is 5.10. The van der Waals surface area contributed by atoms with Gasteiger partial charge in [-0.05, 0) is 26.7 Å². The molecule has 0 spiro atoms. The third-order valence-electron chi connectivity index (χ3n) is 1.86. The van der Waals surface area contributed by atoms with E-state index in [4.69, 9.17) is 5.73 Å². The van der Waals surface area contributed by atoms with Crippen LogP contribution in [0, 0.1) is 5.92 Å². The van der Waals surface area contributed by atoms with E-state index < -0.39 is 6.04 Å². The fourth-order valence-electron chi connectivity index (χ4n) is 1.16. The normalized spacial score (nSPS) is 14.8. The summed E-state index contributed by atoms with van der Waals surface area (Å²) in [6.45, 7) is 9.71. The Labute approximate surface area is 97.4 Å². The lowest BCUT2D eigenvalue weighted by molar-refractivity contribution is -0.143. The van der Waals surface area contributed by atoms with Crippen molar-refractivity contribution in [2.75, 3.05) is 7.11 Å².